The third-order valence-electron chi connectivity index (χ3n) is 5.26. The van der Waals surface area contributed by atoms with Crippen molar-refractivity contribution in [3.8, 4) is 11.5 Å². The molecule has 4 aromatic rings. The molecule has 5 rings (SSSR count). The molecule has 0 aliphatic heterocycles. The fourth-order valence-corrected chi connectivity index (χ4v) is 3.83. The van der Waals surface area contributed by atoms with Crippen LogP contribution in [0.15, 0.2) is 40.9 Å². The fraction of sp³-hybridized carbons (Fsp3) is 0.286. The van der Waals surface area contributed by atoms with Crippen molar-refractivity contribution in [2.24, 2.45) is 0 Å². The van der Waals surface area contributed by atoms with E-state index >= 15 is 0 Å². The van der Waals surface area contributed by atoms with Gasteiger partial charge in [0.05, 0.1) is 6.04 Å². The van der Waals surface area contributed by atoms with Gasteiger partial charge in [0.15, 0.2) is 5.65 Å². The summed E-state index contributed by atoms with van der Waals surface area (Å²) in [6, 6.07) is 9.70. The lowest BCUT2D eigenvalue weighted by Gasteiger charge is -2.13. The number of aromatic nitrogens is 5. The van der Waals surface area contributed by atoms with Crippen molar-refractivity contribution in [2.75, 3.05) is 7.11 Å². The number of aryl methyl sites for hydroxylation is 2. The summed E-state index contributed by atoms with van der Waals surface area (Å²) in [7, 11) is 1.58. The molecule has 3 heterocycles. The molecule has 0 saturated carbocycles. The van der Waals surface area contributed by atoms with Crippen LogP contribution in [-0.4, -0.2) is 37.8 Å². The number of hydrogen-bond acceptors (Lipinski definition) is 7. The number of benzene rings is 1. The number of carbonyl (C=O) groups excluding carboxylic acids is 1. The van der Waals surface area contributed by atoms with Crippen molar-refractivity contribution in [3.05, 3.63) is 64.9 Å². The van der Waals surface area contributed by atoms with Crippen molar-refractivity contribution in [3.63, 3.8) is 0 Å². The number of fused-ring (bicyclic) bond motifs is 2. The maximum Gasteiger partial charge on any atom is 0.290 e. The van der Waals surface area contributed by atoms with Gasteiger partial charge in [-0.1, -0.05) is 12.1 Å². The zero-order valence-corrected chi connectivity index (χ0v) is 16.6. The molecule has 9 nitrogen and oxygen atoms in total. The largest absolute Gasteiger partial charge is 0.418 e. The van der Waals surface area contributed by atoms with Gasteiger partial charge in [-0.2, -0.15) is 0 Å². The molecule has 0 saturated heterocycles. The molecule has 0 spiro atoms. The summed E-state index contributed by atoms with van der Waals surface area (Å²) in [6.07, 6.45) is 3.53. The van der Waals surface area contributed by atoms with E-state index in [4.69, 9.17) is 9.15 Å². The molecular weight excluding hydrogens is 384 g/mol. The second-order valence-electron chi connectivity index (χ2n) is 7.37. The molecule has 0 radical (unpaired) electrons. The molecule has 1 aliphatic carbocycles. The number of ether oxygens (including phenoxy) is 1. The van der Waals surface area contributed by atoms with Crippen molar-refractivity contribution < 1.29 is 13.9 Å². The zero-order chi connectivity index (χ0) is 20.7. The number of hydrogen-bond donors (Lipinski definition) is 1. The Morgan fingerprint density at radius 3 is 3.00 bits per heavy atom. The van der Waals surface area contributed by atoms with Crippen LogP contribution in [0.2, 0.25) is 0 Å². The summed E-state index contributed by atoms with van der Waals surface area (Å²) in [5, 5.41) is 19.3. The minimum absolute atomic E-state index is 0.0783. The summed E-state index contributed by atoms with van der Waals surface area (Å²) in [6.45, 7) is 2.25. The molecule has 152 valence electrons. The Hall–Kier alpha value is -3.59. The smallest absolute Gasteiger partial charge is 0.290 e. The van der Waals surface area contributed by atoms with Gasteiger partial charge in [0.25, 0.3) is 5.91 Å². The maximum absolute atomic E-state index is 12.9. The lowest BCUT2D eigenvalue weighted by Crippen LogP contribution is -2.28. The van der Waals surface area contributed by atoms with Gasteiger partial charge >= 0.3 is 0 Å². The average Bonchev–Trinajstić information content (AvgIpc) is 3.46. The first-order valence-corrected chi connectivity index (χ1v) is 9.69. The average molecular weight is 404 g/mol. The van der Waals surface area contributed by atoms with Gasteiger partial charge in [-0.25, -0.2) is 0 Å². The molecule has 30 heavy (non-hydrogen) atoms. The molecule has 1 aromatic carbocycles. The van der Waals surface area contributed by atoms with E-state index in [2.05, 4.69) is 25.7 Å². The van der Waals surface area contributed by atoms with Gasteiger partial charge in [-0.05, 0) is 54.7 Å². The van der Waals surface area contributed by atoms with E-state index in [1.807, 2.05) is 43.5 Å². The van der Waals surface area contributed by atoms with E-state index < -0.39 is 0 Å². The Kier molecular flexibility index (Phi) is 4.51. The highest BCUT2D eigenvalue weighted by molar-refractivity contribution is 5.91. The molecule has 0 unspecified atom stereocenters. The van der Waals surface area contributed by atoms with Gasteiger partial charge in [0.1, 0.15) is 6.61 Å². The minimum atomic E-state index is -0.240. The number of rotatable bonds is 5. The minimum Gasteiger partial charge on any atom is -0.418 e. The highest BCUT2D eigenvalue weighted by Crippen LogP contribution is 2.34. The number of carbonyl (C=O) groups is 1. The SMILES string of the molecule is COCc1nnc(-c2ccc3c(c2)CC[C@H]3NC(=O)c2nnc3ccc(C)cn23)o1. The second kappa shape index (κ2) is 7.34. The Labute approximate surface area is 172 Å². The lowest BCUT2D eigenvalue weighted by molar-refractivity contribution is 0.0925. The standard InChI is InChI=1S/C21H20N6O3/c1-12-3-8-17-23-25-19(27(17)10-12)20(28)22-16-7-5-13-9-14(4-6-15(13)16)21-26-24-18(30-21)11-29-2/h3-4,6,8-10,16H,5,7,11H2,1-2H3,(H,22,28)/t16-/m1/s1. The molecule has 3 aromatic heterocycles. The molecule has 1 atom stereocenters. The fourth-order valence-electron chi connectivity index (χ4n) is 3.83. The van der Waals surface area contributed by atoms with E-state index in [1.165, 1.54) is 0 Å². The van der Waals surface area contributed by atoms with E-state index in [0.717, 1.165) is 35.1 Å². The third kappa shape index (κ3) is 3.22. The van der Waals surface area contributed by atoms with Gasteiger partial charge in [-0.3, -0.25) is 9.20 Å². The summed E-state index contributed by atoms with van der Waals surface area (Å²) < 4.78 is 12.4. The van der Waals surface area contributed by atoms with Gasteiger partial charge in [-0.15, -0.1) is 20.4 Å². The summed E-state index contributed by atoms with van der Waals surface area (Å²) in [5.74, 6) is 0.947. The van der Waals surface area contributed by atoms with Crippen LogP contribution in [0.3, 0.4) is 0 Å². The van der Waals surface area contributed by atoms with Crippen LogP contribution in [0.1, 0.15) is 45.7 Å². The summed E-state index contributed by atoms with van der Waals surface area (Å²) in [4.78, 5) is 12.9. The molecule has 9 heteroatoms. The van der Waals surface area contributed by atoms with Crippen LogP contribution >= 0.6 is 0 Å². The Morgan fingerprint density at radius 1 is 1.23 bits per heavy atom. The predicted octanol–water partition coefficient (Wildman–Crippen LogP) is 2.65. The van der Waals surface area contributed by atoms with Gasteiger partial charge in [0, 0.05) is 18.9 Å². The van der Waals surface area contributed by atoms with Crippen LogP contribution in [0.4, 0.5) is 0 Å². The Morgan fingerprint density at radius 2 is 2.13 bits per heavy atom. The van der Waals surface area contributed by atoms with E-state index in [0.29, 0.717) is 17.4 Å². The van der Waals surface area contributed by atoms with Crippen LogP contribution in [-0.2, 0) is 17.8 Å². The highest BCUT2D eigenvalue weighted by atomic mass is 16.5. The van der Waals surface area contributed by atoms with Crippen molar-refractivity contribution in [1.29, 1.82) is 0 Å². The van der Waals surface area contributed by atoms with Crippen molar-refractivity contribution in [1.82, 2.24) is 30.1 Å². The van der Waals surface area contributed by atoms with E-state index in [9.17, 15) is 4.79 Å². The highest BCUT2D eigenvalue weighted by Gasteiger charge is 2.27. The lowest BCUT2D eigenvalue weighted by atomic mass is 10.0. The number of methoxy groups -OCH3 is 1. The predicted molar refractivity (Wildman–Crippen MR) is 107 cm³/mol. The molecule has 1 amide bonds. The molecule has 0 bridgehead atoms. The number of amides is 1. The van der Waals surface area contributed by atoms with Crippen LogP contribution < -0.4 is 5.32 Å². The van der Waals surface area contributed by atoms with Crippen LogP contribution in [0.25, 0.3) is 17.1 Å². The number of nitrogens with zero attached hydrogens (tertiary/aromatic N) is 5. The Balaban J connectivity index is 1.36. The van der Waals surface area contributed by atoms with E-state index in [1.54, 1.807) is 11.5 Å². The van der Waals surface area contributed by atoms with E-state index in [-0.39, 0.29) is 24.4 Å². The maximum atomic E-state index is 12.9. The quantitative estimate of drug-likeness (QED) is 0.545. The topological polar surface area (TPSA) is 107 Å². The second-order valence-corrected chi connectivity index (χ2v) is 7.37. The zero-order valence-electron chi connectivity index (χ0n) is 16.6. The normalized spacial score (nSPS) is 15.5. The number of pyridine rings is 1. The molecule has 1 aliphatic rings. The van der Waals surface area contributed by atoms with Crippen LogP contribution in [0, 0.1) is 6.92 Å². The van der Waals surface area contributed by atoms with Gasteiger partial charge < -0.3 is 14.5 Å². The van der Waals surface area contributed by atoms with Gasteiger partial charge in [0.2, 0.25) is 17.6 Å². The van der Waals surface area contributed by atoms with Crippen molar-refractivity contribution in [2.45, 2.75) is 32.4 Å². The van der Waals surface area contributed by atoms with Crippen LogP contribution in [0.5, 0.6) is 0 Å². The molecule has 1 N–H and O–H groups in total. The first kappa shape index (κ1) is 18.4. The summed E-state index contributed by atoms with van der Waals surface area (Å²) >= 11 is 0. The monoisotopic (exact) mass is 404 g/mol. The molecule has 0 fully saturated rings. The van der Waals surface area contributed by atoms with Crippen molar-refractivity contribution >= 4 is 11.6 Å². The Bertz CT molecular complexity index is 1240. The summed E-state index contributed by atoms with van der Waals surface area (Å²) in [5.41, 5.74) is 4.79. The first-order valence-electron chi connectivity index (χ1n) is 9.69. The first-order chi connectivity index (χ1) is 14.6. The molecular formula is C21H20N6O3. The number of nitrogens with one attached hydrogen (secondary N) is 1. The third-order valence-corrected chi connectivity index (χ3v) is 5.26.